The van der Waals surface area contributed by atoms with Crippen molar-refractivity contribution in [2.45, 2.75) is 12.1 Å². The minimum absolute atomic E-state index is 0.0282. The number of carbonyl (C=O) groups excluding carboxylic acids is 2. The fourth-order valence-corrected chi connectivity index (χ4v) is 3.55. The molecule has 11 heteroatoms. The number of halogens is 1. The molecule has 30 heavy (non-hydrogen) atoms. The smallest absolute Gasteiger partial charge is 0.257 e. The second-order valence-electron chi connectivity index (χ2n) is 6.32. The predicted octanol–water partition coefficient (Wildman–Crippen LogP) is 4.00. The molecular formula is C19H15BrN6O3S. The molecule has 9 nitrogen and oxygen atoms in total. The molecule has 2 amide bonds. The standard InChI is InChI=1S/C19H15BrN6O3S/c1-10-2-7-13-14(8-10)22-19(21-13)30-9-15(27)23-16-17(26-29-25-16)24-18(28)11-3-5-12(20)6-4-11/h2-8H,9H2,1H3,(H,21,22)(H,23,25,27)(H,24,26,28). The van der Waals surface area contributed by atoms with E-state index >= 15 is 0 Å². The topological polar surface area (TPSA) is 126 Å². The van der Waals surface area contributed by atoms with Gasteiger partial charge in [0.15, 0.2) is 5.16 Å². The summed E-state index contributed by atoms with van der Waals surface area (Å²) in [6, 6.07) is 12.7. The van der Waals surface area contributed by atoms with Gasteiger partial charge in [-0.2, -0.15) is 0 Å². The van der Waals surface area contributed by atoms with Gasteiger partial charge in [0, 0.05) is 10.0 Å². The van der Waals surface area contributed by atoms with Crippen molar-refractivity contribution in [3.05, 3.63) is 58.1 Å². The van der Waals surface area contributed by atoms with Crippen LogP contribution in [0.3, 0.4) is 0 Å². The van der Waals surface area contributed by atoms with E-state index in [-0.39, 0.29) is 23.3 Å². The number of aromatic nitrogens is 4. The van der Waals surface area contributed by atoms with Crippen molar-refractivity contribution in [3.8, 4) is 0 Å². The highest BCUT2D eigenvalue weighted by atomic mass is 79.9. The lowest BCUT2D eigenvalue weighted by atomic mass is 10.2. The minimum Gasteiger partial charge on any atom is -0.333 e. The normalized spacial score (nSPS) is 10.9. The summed E-state index contributed by atoms with van der Waals surface area (Å²) in [5.74, 6) is -0.593. The lowest BCUT2D eigenvalue weighted by molar-refractivity contribution is -0.113. The summed E-state index contributed by atoms with van der Waals surface area (Å²) < 4.78 is 5.51. The Morgan fingerprint density at radius 1 is 1.10 bits per heavy atom. The van der Waals surface area contributed by atoms with Crippen molar-refractivity contribution in [3.63, 3.8) is 0 Å². The van der Waals surface area contributed by atoms with Gasteiger partial charge in [0.25, 0.3) is 5.91 Å². The van der Waals surface area contributed by atoms with Crippen LogP contribution in [0.2, 0.25) is 0 Å². The number of carbonyl (C=O) groups is 2. The van der Waals surface area contributed by atoms with Gasteiger partial charge >= 0.3 is 0 Å². The third-order valence-corrected chi connectivity index (χ3v) is 5.44. The summed E-state index contributed by atoms with van der Waals surface area (Å²) in [5.41, 5.74) is 3.30. The number of benzene rings is 2. The molecule has 152 valence electrons. The highest BCUT2D eigenvalue weighted by Crippen LogP contribution is 2.22. The quantitative estimate of drug-likeness (QED) is 0.351. The number of thioether (sulfide) groups is 1. The zero-order chi connectivity index (χ0) is 21.1. The van der Waals surface area contributed by atoms with E-state index in [1.807, 2.05) is 25.1 Å². The molecule has 0 spiro atoms. The number of anilines is 2. The number of H-pyrrole nitrogens is 1. The van der Waals surface area contributed by atoms with Crippen molar-refractivity contribution in [2.75, 3.05) is 16.4 Å². The van der Waals surface area contributed by atoms with Gasteiger partial charge in [-0.1, -0.05) is 33.8 Å². The maximum Gasteiger partial charge on any atom is 0.257 e. The Bertz CT molecular complexity index is 1220. The highest BCUT2D eigenvalue weighted by Gasteiger charge is 2.17. The van der Waals surface area contributed by atoms with Crippen molar-refractivity contribution in [1.29, 1.82) is 0 Å². The molecule has 0 aliphatic carbocycles. The van der Waals surface area contributed by atoms with E-state index < -0.39 is 5.91 Å². The van der Waals surface area contributed by atoms with Gasteiger partial charge in [0.05, 0.1) is 16.8 Å². The third kappa shape index (κ3) is 4.69. The highest BCUT2D eigenvalue weighted by molar-refractivity contribution is 9.10. The molecule has 0 aliphatic rings. The van der Waals surface area contributed by atoms with Gasteiger partial charge in [0.2, 0.25) is 17.5 Å². The van der Waals surface area contributed by atoms with Crippen molar-refractivity contribution < 1.29 is 14.2 Å². The van der Waals surface area contributed by atoms with Crippen LogP contribution in [0.15, 0.2) is 56.7 Å². The molecule has 2 aromatic heterocycles. The van der Waals surface area contributed by atoms with Crippen molar-refractivity contribution in [2.24, 2.45) is 0 Å². The van der Waals surface area contributed by atoms with Gasteiger partial charge in [-0.3, -0.25) is 9.59 Å². The number of hydrogen-bond acceptors (Lipinski definition) is 7. The number of hydrogen-bond donors (Lipinski definition) is 3. The van der Waals surface area contributed by atoms with Crippen LogP contribution in [0.5, 0.6) is 0 Å². The molecule has 2 aromatic carbocycles. The Kier molecular flexibility index (Phi) is 5.81. The van der Waals surface area contributed by atoms with Gasteiger partial charge < -0.3 is 15.6 Å². The number of fused-ring (bicyclic) bond motifs is 1. The Labute approximate surface area is 183 Å². The number of nitrogens with one attached hydrogen (secondary N) is 3. The summed E-state index contributed by atoms with van der Waals surface area (Å²) in [7, 11) is 0. The van der Waals surface area contributed by atoms with Crippen LogP contribution in [-0.2, 0) is 4.79 Å². The van der Waals surface area contributed by atoms with Crippen LogP contribution >= 0.6 is 27.7 Å². The number of aryl methyl sites for hydroxylation is 1. The van der Waals surface area contributed by atoms with E-state index in [1.54, 1.807) is 24.3 Å². The first-order valence-electron chi connectivity index (χ1n) is 8.76. The van der Waals surface area contributed by atoms with E-state index in [9.17, 15) is 9.59 Å². The zero-order valence-electron chi connectivity index (χ0n) is 15.6. The fraction of sp³-hybridized carbons (Fsp3) is 0.105. The molecule has 0 saturated heterocycles. The molecule has 4 rings (SSSR count). The summed E-state index contributed by atoms with van der Waals surface area (Å²) in [6.45, 7) is 2.00. The van der Waals surface area contributed by atoms with Gasteiger partial charge in [-0.15, -0.1) is 0 Å². The molecule has 0 unspecified atom stereocenters. The molecule has 0 radical (unpaired) electrons. The first-order chi connectivity index (χ1) is 14.5. The van der Waals surface area contributed by atoms with Gasteiger partial charge in [-0.05, 0) is 59.2 Å². The maximum absolute atomic E-state index is 12.3. The largest absolute Gasteiger partial charge is 0.333 e. The van der Waals surface area contributed by atoms with E-state index in [1.165, 1.54) is 11.8 Å². The molecule has 0 saturated carbocycles. The number of amides is 2. The van der Waals surface area contributed by atoms with Crippen LogP contribution in [0, 0.1) is 6.92 Å². The SMILES string of the molecule is Cc1ccc2nc(SCC(=O)Nc3nonc3NC(=O)c3ccc(Br)cc3)[nH]c2c1. The molecule has 0 aliphatic heterocycles. The fourth-order valence-electron chi connectivity index (χ4n) is 2.60. The Morgan fingerprint density at radius 3 is 2.60 bits per heavy atom. The summed E-state index contributed by atoms with van der Waals surface area (Å²) >= 11 is 4.56. The molecule has 0 fully saturated rings. The minimum atomic E-state index is -0.402. The Hall–Kier alpha value is -3.18. The van der Waals surface area contributed by atoms with E-state index in [0.717, 1.165) is 21.1 Å². The molecule has 0 bridgehead atoms. The van der Waals surface area contributed by atoms with E-state index in [0.29, 0.717) is 10.7 Å². The number of aromatic amines is 1. The van der Waals surface area contributed by atoms with Crippen LogP contribution in [0.25, 0.3) is 11.0 Å². The Morgan fingerprint density at radius 2 is 1.83 bits per heavy atom. The van der Waals surface area contributed by atoms with Crippen LogP contribution in [0.4, 0.5) is 11.6 Å². The molecular weight excluding hydrogens is 472 g/mol. The maximum atomic E-state index is 12.3. The monoisotopic (exact) mass is 486 g/mol. The summed E-state index contributed by atoms with van der Waals surface area (Å²) in [5, 5.41) is 13.1. The van der Waals surface area contributed by atoms with Gasteiger partial charge in [-0.25, -0.2) is 9.61 Å². The second-order valence-corrected chi connectivity index (χ2v) is 8.20. The lowest BCUT2D eigenvalue weighted by Crippen LogP contribution is -2.18. The first-order valence-corrected chi connectivity index (χ1v) is 10.5. The Balaban J connectivity index is 1.36. The number of imidazole rings is 1. The predicted molar refractivity (Wildman–Crippen MR) is 117 cm³/mol. The van der Waals surface area contributed by atoms with E-state index in [4.69, 9.17) is 0 Å². The van der Waals surface area contributed by atoms with Crippen LogP contribution in [-0.4, -0.2) is 37.8 Å². The molecule has 4 aromatic rings. The average molecular weight is 487 g/mol. The van der Waals surface area contributed by atoms with Crippen LogP contribution < -0.4 is 10.6 Å². The average Bonchev–Trinajstić information content (AvgIpc) is 3.33. The first kappa shape index (κ1) is 20.1. The van der Waals surface area contributed by atoms with Gasteiger partial charge in [0.1, 0.15) is 0 Å². The van der Waals surface area contributed by atoms with Crippen molar-refractivity contribution >= 4 is 62.2 Å². The van der Waals surface area contributed by atoms with E-state index in [2.05, 4.69) is 51.5 Å². The zero-order valence-corrected chi connectivity index (χ0v) is 18.0. The van der Waals surface area contributed by atoms with Crippen molar-refractivity contribution in [1.82, 2.24) is 20.3 Å². The van der Waals surface area contributed by atoms with Crippen LogP contribution in [0.1, 0.15) is 15.9 Å². The second kappa shape index (κ2) is 8.67. The number of nitrogens with zero attached hydrogens (tertiary/aromatic N) is 3. The lowest BCUT2D eigenvalue weighted by Gasteiger charge is -2.04. The summed E-state index contributed by atoms with van der Waals surface area (Å²) in [6.07, 6.45) is 0. The molecule has 2 heterocycles. The third-order valence-electron chi connectivity index (χ3n) is 4.04. The number of rotatable bonds is 6. The molecule has 3 N–H and O–H groups in total. The molecule has 0 atom stereocenters. The summed E-state index contributed by atoms with van der Waals surface area (Å²) in [4.78, 5) is 32.2.